The van der Waals surface area contributed by atoms with E-state index in [2.05, 4.69) is 5.10 Å². The maximum absolute atomic E-state index is 12.6. The summed E-state index contributed by atoms with van der Waals surface area (Å²) in [4.78, 5) is 14.0. The molecule has 1 amide bonds. The van der Waals surface area contributed by atoms with E-state index in [0.29, 0.717) is 38.1 Å². The highest BCUT2D eigenvalue weighted by atomic mass is 32.2. The van der Waals surface area contributed by atoms with E-state index in [-0.39, 0.29) is 11.9 Å². The molecule has 0 bridgehead atoms. The van der Waals surface area contributed by atoms with Crippen molar-refractivity contribution in [2.45, 2.75) is 37.1 Å². The van der Waals surface area contributed by atoms with E-state index in [1.54, 1.807) is 16.7 Å². The molecular weight excluding hydrogens is 331 g/mol. The lowest BCUT2D eigenvalue weighted by atomic mass is 9.98. The number of hydrogen-bond acceptors (Lipinski definition) is 4. The number of thioether (sulfide) groups is 1. The summed E-state index contributed by atoms with van der Waals surface area (Å²) < 4.78 is 39.1. The van der Waals surface area contributed by atoms with E-state index in [4.69, 9.17) is 0 Å². The molecular formula is C14H18F3N3O2S. The molecule has 0 spiro atoms. The second kappa shape index (κ2) is 6.01. The predicted molar refractivity (Wildman–Crippen MR) is 79.0 cm³/mol. The Hall–Kier alpha value is -1.22. The van der Waals surface area contributed by atoms with Crippen LogP contribution in [0.3, 0.4) is 0 Å². The maximum Gasteiger partial charge on any atom is 0.435 e. The zero-order valence-electron chi connectivity index (χ0n) is 12.4. The van der Waals surface area contributed by atoms with Gasteiger partial charge in [-0.3, -0.25) is 9.48 Å². The zero-order chi connectivity index (χ0) is 16.7. The van der Waals surface area contributed by atoms with E-state index in [9.17, 15) is 23.1 Å². The van der Waals surface area contributed by atoms with Gasteiger partial charge in [0.15, 0.2) is 11.3 Å². The topological polar surface area (TPSA) is 58.4 Å². The number of rotatable bonds is 2. The fourth-order valence-electron chi connectivity index (χ4n) is 3.04. The molecule has 0 aromatic carbocycles. The average Bonchev–Trinajstić information content (AvgIpc) is 3.16. The third-order valence-electron chi connectivity index (χ3n) is 4.42. The Morgan fingerprint density at radius 1 is 1.39 bits per heavy atom. The summed E-state index contributed by atoms with van der Waals surface area (Å²) in [6.07, 6.45) is -1.57. The molecule has 2 aliphatic heterocycles. The van der Waals surface area contributed by atoms with Crippen LogP contribution in [0.25, 0.3) is 0 Å². The number of nitrogens with zero attached hydrogens (tertiary/aromatic N) is 3. The second-order valence-electron chi connectivity index (χ2n) is 6.04. The first kappa shape index (κ1) is 16.6. The normalized spacial score (nSPS) is 26.7. The minimum Gasteiger partial charge on any atom is -0.379 e. The van der Waals surface area contributed by atoms with Gasteiger partial charge in [-0.05, 0) is 31.1 Å². The Bertz CT molecular complexity index is 576. The van der Waals surface area contributed by atoms with Crippen molar-refractivity contribution in [3.05, 3.63) is 18.0 Å². The summed E-state index contributed by atoms with van der Waals surface area (Å²) in [5, 5.41) is 13.9. The highest BCUT2D eigenvalue weighted by molar-refractivity contribution is 7.99. The number of carbonyl (C=O) groups excluding carboxylic acids is 1. The van der Waals surface area contributed by atoms with Crippen LogP contribution in [-0.4, -0.2) is 55.9 Å². The molecule has 1 unspecified atom stereocenters. The number of carbonyl (C=O) groups is 1. The standard InChI is InChI=1S/C14H18F3N3O2S/c15-14(16,17)11-3-7-20(18-11)10-1-5-19(6-2-10)12(21)13(22)4-8-23-9-13/h3,7,10,22H,1-2,4-6,8-9H2. The van der Waals surface area contributed by atoms with Gasteiger partial charge in [0.2, 0.25) is 0 Å². The maximum atomic E-state index is 12.6. The van der Waals surface area contributed by atoms with Gasteiger partial charge in [0.05, 0.1) is 6.04 Å². The molecule has 1 aromatic rings. The molecule has 1 aromatic heterocycles. The lowest BCUT2D eigenvalue weighted by Gasteiger charge is -2.36. The van der Waals surface area contributed by atoms with Gasteiger partial charge in [0.25, 0.3) is 5.91 Å². The van der Waals surface area contributed by atoms with Crippen molar-refractivity contribution in [1.82, 2.24) is 14.7 Å². The van der Waals surface area contributed by atoms with Crippen molar-refractivity contribution < 1.29 is 23.1 Å². The van der Waals surface area contributed by atoms with Crippen LogP contribution < -0.4 is 0 Å². The van der Waals surface area contributed by atoms with Crippen LogP contribution in [0.1, 0.15) is 31.0 Å². The zero-order valence-corrected chi connectivity index (χ0v) is 13.2. The number of likely N-dealkylation sites (tertiary alicyclic amines) is 1. The van der Waals surface area contributed by atoms with Gasteiger partial charge >= 0.3 is 6.18 Å². The summed E-state index contributed by atoms with van der Waals surface area (Å²) in [5.41, 5.74) is -2.17. The van der Waals surface area contributed by atoms with Gasteiger partial charge < -0.3 is 10.0 Å². The molecule has 128 valence electrons. The first-order chi connectivity index (χ1) is 10.8. The SMILES string of the molecule is O=C(N1CCC(n2ccc(C(F)(F)F)n2)CC1)C1(O)CCSC1. The number of aromatic nitrogens is 2. The van der Waals surface area contributed by atoms with Gasteiger partial charge in [-0.2, -0.15) is 30.0 Å². The van der Waals surface area contributed by atoms with Gasteiger partial charge in [-0.25, -0.2) is 0 Å². The van der Waals surface area contributed by atoms with Crippen LogP contribution in [-0.2, 0) is 11.0 Å². The van der Waals surface area contributed by atoms with Crippen LogP contribution in [0.2, 0.25) is 0 Å². The van der Waals surface area contributed by atoms with Crippen molar-refractivity contribution in [2.24, 2.45) is 0 Å². The van der Waals surface area contributed by atoms with Crippen molar-refractivity contribution in [3.63, 3.8) is 0 Å². The molecule has 0 aliphatic carbocycles. The summed E-state index contributed by atoms with van der Waals surface area (Å²) in [6, 6.07) is 0.818. The highest BCUT2D eigenvalue weighted by Gasteiger charge is 2.43. The Kier molecular flexibility index (Phi) is 4.35. The van der Waals surface area contributed by atoms with Crippen LogP contribution in [0.4, 0.5) is 13.2 Å². The fourth-order valence-corrected chi connectivity index (χ4v) is 4.28. The third kappa shape index (κ3) is 3.35. The lowest BCUT2D eigenvalue weighted by Crippen LogP contribution is -2.51. The number of hydrogen-bond donors (Lipinski definition) is 1. The van der Waals surface area contributed by atoms with Crippen LogP contribution in [0.5, 0.6) is 0 Å². The monoisotopic (exact) mass is 349 g/mol. The molecule has 9 heteroatoms. The Labute approximate surface area is 135 Å². The molecule has 2 saturated heterocycles. The minimum atomic E-state index is -4.44. The van der Waals surface area contributed by atoms with Crippen molar-refractivity contribution >= 4 is 17.7 Å². The number of aliphatic hydroxyl groups is 1. The summed E-state index contributed by atoms with van der Waals surface area (Å²) in [5.74, 6) is 0.934. The molecule has 0 saturated carbocycles. The van der Waals surface area contributed by atoms with E-state index >= 15 is 0 Å². The number of amides is 1. The third-order valence-corrected chi connectivity index (χ3v) is 5.60. The molecule has 2 fully saturated rings. The quantitative estimate of drug-likeness (QED) is 0.886. The van der Waals surface area contributed by atoms with E-state index in [1.165, 1.54) is 10.9 Å². The van der Waals surface area contributed by atoms with Gasteiger partial charge in [-0.1, -0.05) is 0 Å². The summed E-state index contributed by atoms with van der Waals surface area (Å²) in [6.45, 7) is 0.857. The molecule has 1 N–H and O–H groups in total. The lowest BCUT2D eigenvalue weighted by molar-refractivity contribution is -0.150. The second-order valence-corrected chi connectivity index (χ2v) is 7.14. The molecule has 23 heavy (non-hydrogen) atoms. The summed E-state index contributed by atoms with van der Waals surface area (Å²) >= 11 is 1.56. The first-order valence-electron chi connectivity index (χ1n) is 7.51. The molecule has 5 nitrogen and oxygen atoms in total. The van der Waals surface area contributed by atoms with E-state index < -0.39 is 17.5 Å². The fraction of sp³-hybridized carbons (Fsp3) is 0.714. The van der Waals surface area contributed by atoms with Gasteiger partial charge in [-0.15, -0.1) is 0 Å². The van der Waals surface area contributed by atoms with Crippen LogP contribution >= 0.6 is 11.8 Å². The Balaban J connectivity index is 1.60. The smallest absolute Gasteiger partial charge is 0.379 e. The average molecular weight is 349 g/mol. The number of alkyl halides is 3. The van der Waals surface area contributed by atoms with Gasteiger partial charge in [0.1, 0.15) is 0 Å². The van der Waals surface area contributed by atoms with E-state index in [1.807, 2.05) is 0 Å². The summed E-state index contributed by atoms with van der Waals surface area (Å²) in [7, 11) is 0. The Morgan fingerprint density at radius 3 is 2.61 bits per heavy atom. The van der Waals surface area contributed by atoms with Crippen LogP contribution in [0.15, 0.2) is 12.3 Å². The molecule has 1 atom stereocenters. The van der Waals surface area contributed by atoms with Gasteiger partial charge in [0, 0.05) is 25.0 Å². The van der Waals surface area contributed by atoms with Crippen molar-refractivity contribution in [1.29, 1.82) is 0 Å². The molecule has 3 rings (SSSR count). The molecule has 0 radical (unpaired) electrons. The van der Waals surface area contributed by atoms with Crippen molar-refractivity contribution in [2.75, 3.05) is 24.6 Å². The molecule has 2 aliphatic rings. The largest absolute Gasteiger partial charge is 0.435 e. The van der Waals surface area contributed by atoms with Crippen molar-refractivity contribution in [3.8, 4) is 0 Å². The van der Waals surface area contributed by atoms with Crippen LogP contribution in [0, 0.1) is 0 Å². The molecule has 3 heterocycles. The number of halogens is 3. The first-order valence-corrected chi connectivity index (χ1v) is 8.67. The predicted octanol–water partition coefficient (Wildman–Crippen LogP) is 1.93. The number of piperidine rings is 1. The highest BCUT2D eigenvalue weighted by Crippen LogP contribution is 2.32. The minimum absolute atomic E-state index is 0.150. The van der Waals surface area contributed by atoms with E-state index in [0.717, 1.165) is 11.8 Å². The Morgan fingerprint density at radius 2 is 2.09 bits per heavy atom.